The number of fused-ring (bicyclic) bond motifs is 1. The summed E-state index contributed by atoms with van der Waals surface area (Å²) in [5.41, 5.74) is 2.71. The predicted molar refractivity (Wildman–Crippen MR) is 80.2 cm³/mol. The van der Waals surface area contributed by atoms with Crippen molar-refractivity contribution in [1.29, 1.82) is 0 Å². The van der Waals surface area contributed by atoms with Crippen LogP contribution < -0.4 is 5.32 Å². The topological polar surface area (TPSA) is 26.2 Å². The van der Waals surface area contributed by atoms with E-state index in [4.69, 9.17) is 4.74 Å². The Morgan fingerprint density at radius 1 is 1.21 bits per heavy atom. The van der Waals surface area contributed by atoms with E-state index in [1.54, 1.807) is 0 Å². The summed E-state index contributed by atoms with van der Waals surface area (Å²) >= 11 is 0. The molecule has 0 atom stereocenters. The minimum absolute atomic E-state index is 0.125. The van der Waals surface area contributed by atoms with Crippen molar-refractivity contribution < 1.29 is 4.74 Å². The zero-order chi connectivity index (χ0) is 13.9. The molecule has 0 amide bonds. The third-order valence-electron chi connectivity index (χ3n) is 3.12. The first-order chi connectivity index (χ1) is 9.01. The molecule has 0 unspecified atom stereocenters. The van der Waals surface area contributed by atoms with E-state index in [0.717, 1.165) is 13.2 Å². The molecule has 1 aromatic heterocycles. The van der Waals surface area contributed by atoms with Crippen LogP contribution in [-0.2, 0) is 18.0 Å². The first kappa shape index (κ1) is 14.1. The molecule has 1 heterocycles. The number of rotatable bonds is 5. The van der Waals surface area contributed by atoms with Crippen LogP contribution in [0.1, 0.15) is 33.3 Å². The van der Waals surface area contributed by atoms with Gasteiger partial charge >= 0.3 is 0 Å². The van der Waals surface area contributed by atoms with Crippen LogP contribution in [-0.4, -0.2) is 16.7 Å². The van der Waals surface area contributed by atoms with Gasteiger partial charge in [-0.2, -0.15) is 0 Å². The van der Waals surface area contributed by atoms with Gasteiger partial charge < -0.3 is 14.6 Å². The molecular weight excluding hydrogens is 236 g/mol. The Bertz CT molecular complexity index is 537. The van der Waals surface area contributed by atoms with E-state index in [1.807, 2.05) is 6.92 Å². The Hall–Kier alpha value is -1.32. The summed E-state index contributed by atoms with van der Waals surface area (Å²) in [6.07, 6.45) is 2.10. The molecule has 0 saturated carbocycles. The zero-order valence-corrected chi connectivity index (χ0v) is 12.4. The summed E-state index contributed by atoms with van der Waals surface area (Å²) in [6, 6.07) is 8.60. The van der Waals surface area contributed by atoms with Crippen LogP contribution in [0, 0.1) is 0 Å². The highest BCUT2D eigenvalue weighted by molar-refractivity contribution is 5.83. The summed E-state index contributed by atoms with van der Waals surface area (Å²) in [6.45, 7) is 10.8. The summed E-state index contributed by atoms with van der Waals surface area (Å²) < 4.78 is 7.71. The molecule has 2 aromatic rings. The van der Waals surface area contributed by atoms with Gasteiger partial charge in [-0.15, -0.1) is 0 Å². The van der Waals surface area contributed by atoms with Crippen molar-refractivity contribution in [2.75, 3.05) is 6.61 Å². The van der Waals surface area contributed by atoms with Crippen molar-refractivity contribution in [3.05, 3.63) is 36.0 Å². The molecule has 0 aliphatic rings. The molecular formula is C16H24N2O. The van der Waals surface area contributed by atoms with E-state index in [-0.39, 0.29) is 5.54 Å². The molecule has 0 spiro atoms. The molecule has 0 radical (unpaired) electrons. The second kappa shape index (κ2) is 5.76. The maximum atomic E-state index is 5.53. The number of para-hydroxylation sites is 1. The average molecular weight is 260 g/mol. The molecule has 0 aliphatic carbocycles. The normalized spacial score (nSPS) is 12.2. The van der Waals surface area contributed by atoms with Gasteiger partial charge in [0, 0.05) is 24.9 Å². The molecule has 0 saturated heterocycles. The minimum atomic E-state index is 0.125. The van der Waals surface area contributed by atoms with Crippen LogP contribution in [0.15, 0.2) is 30.5 Å². The molecule has 2 rings (SSSR count). The fourth-order valence-electron chi connectivity index (χ4n) is 2.14. The van der Waals surface area contributed by atoms with Crippen molar-refractivity contribution in [3.63, 3.8) is 0 Å². The van der Waals surface area contributed by atoms with Gasteiger partial charge in [0.1, 0.15) is 6.73 Å². The lowest BCUT2D eigenvalue weighted by molar-refractivity contribution is 0.0908. The van der Waals surface area contributed by atoms with Gasteiger partial charge in [0.05, 0.1) is 5.52 Å². The molecule has 0 aliphatic heterocycles. The van der Waals surface area contributed by atoms with Gasteiger partial charge in [0.25, 0.3) is 0 Å². The number of nitrogens with zero attached hydrogens (tertiary/aromatic N) is 1. The van der Waals surface area contributed by atoms with Crippen molar-refractivity contribution in [2.24, 2.45) is 0 Å². The average Bonchev–Trinajstić information content (AvgIpc) is 2.76. The monoisotopic (exact) mass is 260 g/mol. The SMILES string of the molecule is CCOCn1ccc2cccc(CNC(C)(C)C)c21. The lowest BCUT2D eigenvalue weighted by Gasteiger charge is -2.21. The molecule has 3 heteroatoms. The molecule has 104 valence electrons. The smallest absolute Gasteiger partial charge is 0.122 e. The number of aromatic nitrogens is 1. The van der Waals surface area contributed by atoms with E-state index < -0.39 is 0 Å². The van der Waals surface area contributed by atoms with E-state index >= 15 is 0 Å². The zero-order valence-electron chi connectivity index (χ0n) is 12.4. The number of hydrogen-bond donors (Lipinski definition) is 1. The highest BCUT2D eigenvalue weighted by Gasteiger charge is 2.11. The maximum absolute atomic E-state index is 5.53. The fraction of sp³-hybridized carbons (Fsp3) is 0.500. The summed E-state index contributed by atoms with van der Waals surface area (Å²) in [7, 11) is 0. The highest BCUT2D eigenvalue weighted by Crippen LogP contribution is 2.21. The summed E-state index contributed by atoms with van der Waals surface area (Å²) in [4.78, 5) is 0. The van der Waals surface area contributed by atoms with Crippen LogP contribution in [0.2, 0.25) is 0 Å². The van der Waals surface area contributed by atoms with Crippen molar-refractivity contribution in [3.8, 4) is 0 Å². The van der Waals surface area contributed by atoms with Gasteiger partial charge in [-0.05, 0) is 44.7 Å². The quantitative estimate of drug-likeness (QED) is 0.890. The third kappa shape index (κ3) is 3.58. The van der Waals surface area contributed by atoms with Crippen LogP contribution in [0.4, 0.5) is 0 Å². The molecule has 0 fully saturated rings. The fourth-order valence-corrected chi connectivity index (χ4v) is 2.14. The predicted octanol–water partition coefficient (Wildman–Crippen LogP) is 3.52. The second-order valence-electron chi connectivity index (χ2n) is 5.87. The van der Waals surface area contributed by atoms with Gasteiger partial charge in [-0.25, -0.2) is 0 Å². The number of benzene rings is 1. The van der Waals surface area contributed by atoms with Crippen molar-refractivity contribution in [2.45, 2.75) is 46.5 Å². The summed E-state index contributed by atoms with van der Waals surface area (Å²) in [5, 5.41) is 4.82. The van der Waals surface area contributed by atoms with E-state index in [0.29, 0.717) is 6.73 Å². The van der Waals surface area contributed by atoms with Gasteiger partial charge in [0.15, 0.2) is 0 Å². The molecule has 19 heavy (non-hydrogen) atoms. The highest BCUT2D eigenvalue weighted by atomic mass is 16.5. The van der Waals surface area contributed by atoms with E-state index in [9.17, 15) is 0 Å². The first-order valence-corrected chi connectivity index (χ1v) is 6.91. The Morgan fingerprint density at radius 3 is 2.68 bits per heavy atom. The molecule has 0 bridgehead atoms. The van der Waals surface area contributed by atoms with E-state index in [2.05, 4.69) is 61.1 Å². The van der Waals surface area contributed by atoms with Crippen molar-refractivity contribution in [1.82, 2.24) is 9.88 Å². The van der Waals surface area contributed by atoms with Crippen LogP contribution >= 0.6 is 0 Å². The van der Waals surface area contributed by atoms with Gasteiger partial charge in [-0.1, -0.05) is 18.2 Å². The van der Waals surface area contributed by atoms with Gasteiger partial charge in [0.2, 0.25) is 0 Å². The Balaban J connectivity index is 2.29. The second-order valence-corrected chi connectivity index (χ2v) is 5.87. The Morgan fingerprint density at radius 2 is 2.00 bits per heavy atom. The van der Waals surface area contributed by atoms with E-state index in [1.165, 1.54) is 16.5 Å². The third-order valence-corrected chi connectivity index (χ3v) is 3.12. The molecule has 3 nitrogen and oxygen atoms in total. The largest absolute Gasteiger partial charge is 0.361 e. The van der Waals surface area contributed by atoms with Crippen LogP contribution in [0.5, 0.6) is 0 Å². The Kier molecular flexibility index (Phi) is 4.27. The number of hydrogen-bond acceptors (Lipinski definition) is 2. The lowest BCUT2D eigenvalue weighted by Crippen LogP contribution is -2.35. The Labute approximate surface area is 115 Å². The molecule has 1 N–H and O–H groups in total. The standard InChI is InChI=1S/C16H24N2O/c1-5-19-12-18-10-9-13-7-6-8-14(15(13)18)11-17-16(2,3)4/h6-10,17H,5,11-12H2,1-4H3. The van der Waals surface area contributed by atoms with Crippen LogP contribution in [0.3, 0.4) is 0 Å². The maximum Gasteiger partial charge on any atom is 0.122 e. The summed E-state index contributed by atoms with van der Waals surface area (Å²) in [5.74, 6) is 0. The number of ether oxygens (including phenoxy) is 1. The first-order valence-electron chi connectivity index (χ1n) is 6.91. The van der Waals surface area contributed by atoms with Crippen LogP contribution in [0.25, 0.3) is 10.9 Å². The van der Waals surface area contributed by atoms with Crippen molar-refractivity contribution >= 4 is 10.9 Å². The minimum Gasteiger partial charge on any atom is -0.361 e. The molecule has 1 aromatic carbocycles. The number of nitrogens with one attached hydrogen (secondary N) is 1. The lowest BCUT2D eigenvalue weighted by atomic mass is 10.1. The van der Waals surface area contributed by atoms with Gasteiger partial charge in [-0.3, -0.25) is 0 Å².